The Kier molecular flexibility index (Phi) is 6.72. The molecule has 2 N–H and O–H groups in total. The number of methoxy groups -OCH3 is 1. The lowest BCUT2D eigenvalue weighted by atomic mass is 9.52. The topological polar surface area (TPSA) is 107 Å². The number of hydrogen-bond donors (Lipinski definition) is 2. The van der Waals surface area contributed by atoms with Gasteiger partial charge in [0.1, 0.15) is 17.8 Å². The number of halogens is 1. The van der Waals surface area contributed by atoms with E-state index in [1.165, 1.54) is 17.5 Å². The fourth-order valence-electron chi connectivity index (χ4n) is 6.30. The van der Waals surface area contributed by atoms with E-state index in [1.807, 2.05) is 12.1 Å². The number of pyridine rings is 1. The Morgan fingerprint density at radius 1 is 1.24 bits per heavy atom. The summed E-state index contributed by atoms with van der Waals surface area (Å²) in [6.45, 7) is 0.574. The van der Waals surface area contributed by atoms with Gasteiger partial charge in [-0.1, -0.05) is 0 Å². The predicted octanol–water partition coefficient (Wildman–Crippen LogP) is 2.70. The molecule has 0 radical (unpaired) electrons. The van der Waals surface area contributed by atoms with Crippen molar-refractivity contribution in [3.63, 3.8) is 0 Å². The van der Waals surface area contributed by atoms with Gasteiger partial charge in [-0.05, 0) is 83.5 Å². The highest BCUT2D eigenvalue weighted by Crippen LogP contribution is 2.57. The number of ether oxygens (including phenoxy) is 2. The molecule has 34 heavy (non-hydrogen) atoms. The lowest BCUT2D eigenvalue weighted by Crippen LogP contribution is -2.60. The van der Waals surface area contributed by atoms with Gasteiger partial charge in [0, 0.05) is 32.1 Å². The first-order valence-corrected chi connectivity index (χ1v) is 12.6. The second kappa shape index (κ2) is 9.75. The first-order valence-electron chi connectivity index (χ1n) is 11.8. The van der Waals surface area contributed by atoms with Crippen molar-refractivity contribution in [2.75, 3.05) is 19.2 Å². The summed E-state index contributed by atoms with van der Waals surface area (Å²) in [6, 6.07) is 3.95. The third-order valence-electron chi connectivity index (χ3n) is 7.54. The van der Waals surface area contributed by atoms with Crippen LogP contribution < -0.4 is 16.2 Å². The Balaban J connectivity index is 1.23. The zero-order valence-electron chi connectivity index (χ0n) is 19.2. The molecule has 4 aliphatic carbocycles. The molecule has 2 heterocycles. The van der Waals surface area contributed by atoms with Gasteiger partial charge in [0.2, 0.25) is 5.91 Å². The predicted molar refractivity (Wildman–Crippen MR) is 129 cm³/mol. The molecule has 2 unspecified atom stereocenters. The van der Waals surface area contributed by atoms with Crippen LogP contribution in [0.2, 0.25) is 0 Å². The molecule has 2 atom stereocenters. The summed E-state index contributed by atoms with van der Waals surface area (Å²) in [5.74, 6) is 1.42. The molecular weight excluding hydrogens is 502 g/mol. The zero-order valence-corrected chi connectivity index (χ0v) is 20.8. The van der Waals surface area contributed by atoms with E-state index in [0.717, 1.165) is 24.8 Å². The number of nitrogens with one attached hydrogen (secondary N) is 2. The highest BCUT2D eigenvalue weighted by Gasteiger charge is 2.56. The fourth-order valence-corrected chi connectivity index (χ4v) is 6.72. The number of amides is 1. The largest absolute Gasteiger partial charge is 0.379 e. The number of carbonyl (C=O) groups is 1. The minimum Gasteiger partial charge on any atom is -0.379 e. The zero-order chi connectivity index (χ0) is 23.7. The van der Waals surface area contributed by atoms with Gasteiger partial charge in [-0.2, -0.15) is 5.10 Å². The van der Waals surface area contributed by atoms with Crippen molar-refractivity contribution >= 4 is 27.5 Å². The highest BCUT2D eigenvalue weighted by atomic mass is 79.9. The number of nitrogens with zero attached hydrogens (tertiary/aromatic N) is 3. The van der Waals surface area contributed by atoms with E-state index in [9.17, 15) is 9.59 Å². The first kappa shape index (κ1) is 23.4. The summed E-state index contributed by atoms with van der Waals surface area (Å²) in [5, 5.41) is 10.7. The standard InChI is InChI=1S/C24H30BrN5O4/c1-33-14-34-24-8-16-6-17(9-24)22(18(7-16)10-24)29-19-12-28-30(23(32)21(19)25)13-20(31)27-11-15-2-4-26-5-3-15/h2-5,12,16-18,22,29H,6-11,13-14H2,1H3,(H,27,31). The van der Waals surface area contributed by atoms with Crippen LogP contribution in [0, 0.1) is 17.8 Å². The molecule has 6 rings (SSSR count). The second-order valence-corrected chi connectivity index (χ2v) is 10.6. The molecule has 4 saturated carbocycles. The van der Waals surface area contributed by atoms with E-state index in [2.05, 4.69) is 36.6 Å². The second-order valence-electron chi connectivity index (χ2n) is 9.84. The number of anilines is 1. The van der Waals surface area contributed by atoms with E-state index >= 15 is 0 Å². The van der Waals surface area contributed by atoms with Crippen LogP contribution in [0.5, 0.6) is 0 Å². The smallest absolute Gasteiger partial charge is 0.283 e. The molecule has 0 aliphatic heterocycles. The Bertz CT molecular complexity index is 1080. The van der Waals surface area contributed by atoms with Gasteiger partial charge in [0.05, 0.1) is 17.5 Å². The summed E-state index contributed by atoms with van der Waals surface area (Å²) in [5.41, 5.74) is 1.23. The van der Waals surface area contributed by atoms with Crippen molar-refractivity contribution in [3.05, 3.63) is 51.1 Å². The van der Waals surface area contributed by atoms with Crippen LogP contribution in [0.4, 0.5) is 5.69 Å². The highest BCUT2D eigenvalue weighted by molar-refractivity contribution is 9.10. The molecule has 10 heteroatoms. The SMILES string of the molecule is COCOC12CC3CC(C1)C(Nc1cnn(CC(=O)NCc4ccncc4)c(=O)c1Br)C(C3)C2. The van der Waals surface area contributed by atoms with Gasteiger partial charge in [-0.15, -0.1) is 0 Å². The average Bonchev–Trinajstić information content (AvgIpc) is 2.83. The molecule has 4 aliphatic rings. The monoisotopic (exact) mass is 531 g/mol. The number of hydrogen-bond acceptors (Lipinski definition) is 7. The van der Waals surface area contributed by atoms with Gasteiger partial charge in [0.15, 0.2) is 0 Å². The molecule has 0 aromatic carbocycles. The molecule has 9 nitrogen and oxygen atoms in total. The van der Waals surface area contributed by atoms with Crippen LogP contribution in [0.15, 0.2) is 40.0 Å². The van der Waals surface area contributed by atoms with Crippen molar-refractivity contribution in [1.29, 1.82) is 0 Å². The van der Waals surface area contributed by atoms with E-state index < -0.39 is 0 Å². The third kappa shape index (κ3) is 4.76. The Morgan fingerprint density at radius 2 is 1.97 bits per heavy atom. The first-order chi connectivity index (χ1) is 16.5. The number of aromatic nitrogens is 3. The fraction of sp³-hybridized carbons (Fsp3) is 0.583. The summed E-state index contributed by atoms with van der Waals surface area (Å²) in [4.78, 5) is 29.2. The van der Waals surface area contributed by atoms with Crippen molar-refractivity contribution in [3.8, 4) is 0 Å². The number of rotatable bonds is 9. The summed E-state index contributed by atoms with van der Waals surface area (Å²) in [6.07, 6.45) is 10.5. The molecular formula is C24H30BrN5O4. The molecule has 2 aromatic rings. The maximum atomic E-state index is 12.9. The van der Waals surface area contributed by atoms with E-state index in [4.69, 9.17) is 9.47 Å². The third-order valence-corrected chi connectivity index (χ3v) is 8.31. The van der Waals surface area contributed by atoms with Crippen LogP contribution in [0.3, 0.4) is 0 Å². The Morgan fingerprint density at radius 3 is 2.68 bits per heavy atom. The van der Waals surface area contributed by atoms with Crippen LogP contribution in [0.1, 0.15) is 37.7 Å². The Hall–Kier alpha value is -2.30. The van der Waals surface area contributed by atoms with E-state index in [0.29, 0.717) is 41.3 Å². The maximum Gasteiger partial charge on any atom is 0.283 e. The van der Waals surface area contributed by atoms with Crippen LogP contribution >= 0.6 is 15.9 Å². The molecule has 182 valence electrons. The normalized spacial score (nSPS) is 29.2. The average molecular weight is 532 g/mol. The molecule has 0 saturated heterocycles. The van der Waals surface area contributed by atoms with Crippen molar-refractivity contribution in [1.82, 2.24) is 20.1 Å². The minimum absolute atomic E-state index is 0.0623. The summed E-state index contributed by atoms with van der Waals surface area (Å²) in [7, 11) is 1.67. The van der Waals surface area contributed by atoms with Crippen LogP contribution in [-0.2, 0) is 27.4 Å². The summed E-state index contributed by atoms with van der Waals surface area (Å²) >= 11 is 3.45. The lowest BCUT2D eigenvalue weighted by molar-refractivity contribution is -0.205. The minimum atomic E-state index is -0.326. The van der Waals surface area contributed by atoms with Gasteiger partial charge >= 0.3 is 0 Å². The maximum absolute atomic E-state index is 12.9. The molecule has 0 spiro atoms. The summed E-state index contributed by atoms with van der Waals surface area (Å²) < 4.78 is 12.9. The molecule has 2 aromatic heterocycles. The molecule has 4 fully saturated rings. The van der Waals surface area contributed by atoms with E-state index in [1.54, 1.807) is 25.7 Å². The van der Waals surface area contributed by atoms with Crippen molar-refractivity contribution in [2.45, 2.75) is 56.8 Å². The van der Waals surface area contributed by atoms with Crippen LogP contribution in [-0.4, -0.2) is 46.2 Å². The van der Waals surface area contributed by atoms with Crippen molar-refractivity contribution in [2.24, 2.45) is 17.8 Å². The molecule has 4 bridgehead atoms. The van der Waals surface area contributed by atoms with Gasteiger partial charge in [0.25, 0.3) is 5.56 Å². The quantitative estimate of drug-likeness (QED) is 0.479. The van der Waals surface area contributed by atoms with E-state index in [-0.39, 0.29) is 29.7 Å². The van der Waals surface area contributed by atoms with Gasteiger partial charge in [-0.25, -0.2) is 4.68 Å². The number of carbonyl (C=O) groups excluding carboxylic acids is 1. The Labute approximate surface area is 206 Å². The van der Waals surface area contributed by atoms with Crippen molar-refractivity contribution < 1.29 is 14.3 Å². The van der Waals surface area contributed by atoms with Gasteiger partial charge < -0.3 is 20.1 Å². The van der Waals surface area contributed by atoms with Gasteiger partial charge in [-0.3, -0.25) is 14.6 Å². The lowest BCUT2D eigenvalue weighted by Gasteiger charge is -2.59. The van der Waals surface area contributed by atoms with Crippen LogP contribution in [0.25, 0.3) is 0 Å². The molecule has 1 amide bonds.